The zero-order valence-corrected chi connectivity index (χ0v) is 16.0. The lowest BCUT2D eigenvalue weighted by molar-refractivity contribution is 0.201. The minimum atomic E-state index is -0.461. The molecule has 0 fully saturated rings. The minimum Gasteiger partial charge on any atom is -0.392 e. The fourth-order valence-corrected chi connectivity index (χ4v) is 4.06. The van der Waals surface area contributed by atoms with Crippen LogP contribution in [0.5, 0.6) is 0 Å². The summed E-state index contributed by atoms with van der Waals surface area (Å²) in [6.45, 7) is 2.26. The van der Waals surface area contributed by atoms with Crippen LogP contribution in [-0.2, 0) is 0 Å². The molecule has 0 saturated heterocycles. The summed E-state index contributed by atoms with van der Waals surface area (Å²) in [7, 11) is 1.95. The fraction of sp³-hybridized carbons (Fsp3) is 0.190. The van der Waals surface area contributed by atoms with Gasteiger partial charge >= 0.3 is 0 Å². The van der Waals surface area contributed by atoms with Gasteiger partial charge < -0.3 is 10.0 Å². The Balaban J connectivity index is 1.94. The highest BCUT2D eigenvalue weighted by Gasteiger charge is 2.19. The van der Waals surface area contributed by atoms with E-state index in [9.17, 15) is 5.11 Å². The lowest BCUT2D eigenvalue weighted by Gasteiger charge is -2.21. The van der Waals surface area contributed by atoms with Gasteiger partial charge in [-0.1, -0.05) is 36.4 Å². The molecule has 5 nitrogen and oxygen atoms in total. The number of hydrogen-bond acceptors (Lipinski definition) is 6. The molecule has 0 radical (unpaired) electrons. The molecule has 1 unspecified atom stereocenters. The van der Waals surface area contributed by atoms with Crippen molar-refractivity contribution in [3.05, 3.63) is 60.1 Å². The number of benzene rings is 1. The Bertz CT molecular complexity index is 1050. The van der Waals surface area contributed by atoms with Gasteiger partial charge in [0, 0.05) is 30.7 Å². The number of hydrogen-bond donors (Lipinski definition) is 1. The van der Waals surface area contributed by atoms with Crippen LogP contribution < -0.4 is 4.90 Å². The van der Waals surface area contributed by atoms with E-state index in [1.54, 1.807) is 24.5 Å². The van der Waals surface area contributed by atoms with E-state index in [2.05, 4.69) is 22.5 Å². The maximum absolute atomic E-state index is 9.88. The molecule has 0 aliphatic rings. The summed E-state index contributed by atoms with van der Waals surface area (Å²) in [4.78, 5) is 16.9. The van der Waals surface area contributed by atoms with Crippen molar-refractivity contribution in [3.8, 4) is 22.6 Å². The first kappa shape index (κ1) is 17.6. The van der Waals surface area contributed by atoms with E-state index in [1.807, 2.05) is 48.3 Å². The SMILES string of the molecule is CC(O)CN(C)c1nc(-c2ccccn2)nc2scc(-c3ccccc3)c12. The first-order valence-corrected chi connectivity index (χ1v) is 9.66. The second kappa shape index (κ2) is 7.42. The molecule has 3 aromatic heterocycles. The molecule has 1 atom stereocenters. The van der Waals surface area contributed by atoms with Gasteiger partial charge in [0.05, 0.1) is 11.5 Å². The van der Waals surface area contributed by atoms with Gasteiger partial charge in [0.1, 0.15) is 16.3 Å². The minimum absolute atomic E-state index is 0.461. The first-order valence-electron chi connectivity index (χ1n) is 8.78. The van der Waals surface area contributed by atoms with Gasteiger partial charge in [0.15, 0.2) is 5.82 Å². The van der Waals surface area contributed by atoms with Crippen LogP contribution in [0.2, 0.25) is 0 Å². The van der Waals surface area contributed by atoms with Crippen molar-refractivity contribution < 1.29 is 5.11 Å². The van der Waals surface area contributed by atoms with Crippen molar-refractivity contribution in [2.45, 2.75) is 13.0 Å². The number of rotatable bonds is 5. The second-order valence-corrected chi connectivity index (χ2v) is 7.37. The summed E-state index contributed by atoms with van der Waals surface area (Å²) >= 11 is 1.60. The Labute approximate surface area is 162 Å². The maximum atomic E-state index is 9.88. The molecule has 136 valence electrons. The third-order valence-corrected chi connectivity index (χ3v) is 5.17. The van der Waals surface area contributed by atoms with E-state index in [-0.39, 0.29) is 0 Å². The first-order chi connectivity index (χ1) is 13.1. The Morgan fingerprint density at radius 3 is 2.56 bits per heavy atom. The highest BCUT2D eigenvalue weighted by Crippen LogP contribution is 2.39. The maximum Gasteiger partial charge on any atom is 0.181 e. The molecule has 0 aliphatic heterocycles. The normalized spacial score (nSPS) is 12.3. The average Bonchev–Trinajstić information content (AvgIpc) is 3.12. The van der Waals surface area contributed by atoms with E-state index in [1.165, 1.54) is 0 Å². The number of likely N-dealkylation sites (N-methyl/N-ethyl adjacent to an activating group) is 1. The molecule has 0 saturated carbocycles. The number of aromatic nitrogens is 3. The summed E-state index contributed by atoms with van der Waals surface area (Å²) in [6.07, 6.45) is 1.28. The molecule has 6 heteroatoms. The Hall–Kier alpha value is -2.83. The van der Waals surface area contributed by atoms with Crippen LogP contribution >= 0.6 is 11.3 Å². The second-order valence-electron chi connectivity index (χ2n) is 6.51. The van der Waals surface area contributed by atoms with Crippen molar-refractivity contribution in [3.63, 3.8) is 0 Å². The largest absolute Gasteiger partial charge is 0.392 e. The van der Waals surface area contributed by atoms with Crippen molar-refractivity contribution in [1.82, 2.24) is 15.0 Å². The zero-order valence-electron chi connectivity index (χ0n) is 15.2. The van der Waals surface area contributed by atoms with Gasteiger partial charge in [0.25, 0.3) is 0 Å². The van der Waals surface area contributed by atoms with Crippen LogP contribution in [0.25, 0.3) is 32.9 Å². The molecule has 0 spiro atoms. The fourth-order valence-electron chi connectivity index (χ4n) is 3.12. The number of anilines is 1. The lowest BCUT2D eigenvalue weighted by atomic mass is 10.1. The number of aliphatic hydroxyl groups excluding tert-OH is 1. The van der Waals surface area contributed by atoms with Crippen LogP contribution in [0.4, 0.5) is 5.82 Å². The van der Waals surface area contributed by atoms with Gasteiger partial charge in [-0.2, -0.15) is 0 Å². The standard InChI is InChI=1S/C21H20N4OS/c1-14(26)12-25(2)20-18-16(15-8-4-3-5-9-15)13-27-21(18)24-19(23-20)17-10-6-7-11-22-17/h3-11,13-14,26H,12H2,1-2H3. The third-order valence-electron chi connectivity index (χ3n) is 4.29. The average molecular weight is 376 g/mol. The Kier molecular flexibility index (Phi) is 4.83. The topological polar surface area (TPSA) is 62.1 Å². The van der Waals surface area contributed by atoms with E-state index in [4.69, 9.17) is 9.97 Å². The van der Waals surface area contributed by atoms with Crippen molar-refractivity contribution in [2.24, 2.45) is 0 Å². The predicted octanol–water partition coefficient (Wildman–Crippen LogP) is 4.24. The summed E-state index contributed by atoms with van der Waals surface area (Å²) in [5, 5.41) is 13.0. The number of nitrogens with zero attached hydrogens (tertiary/aromatic N) is 4. The summed E-state index contributed by atoms with van der Waals surface area (Å²) in [6, 6.07) is 16.0. The molecular weight excluding hydrogens is 356 g/mol. The van der Waals surface area contributed by atoms with Crippen molar-refractivity contribution in [2.75, 3.05) is 18.5 Å². The Morgan fingerprint density at radius 1 is 1.07 bits per heavy atom. The monoisotopic (exact) mass is 376 g/mol. The quantitative estimate of drug-likeness (QED) is 0.564. The molecule has 0 amide bonds. The smallest absolute Gasteiger partial charge is 0.181 e. The van der Waals surface area contributed by atoms with E-state index < -0.39 is 6.10 Å². The number of fused-ring (bicyclic) bond motifs is 1. The van der Waals surface area contributed by atoms with Crippen LogP contribution in [0.1, 0.15) is 6.92 Å². The molecule has 0 aliphatic carbocycles. The molecule has 1 aromatic carbocycles. The van der Waals surface area contributed by atoms with Crippen LogP contribution in [-0.4, -0.2) is 39.8 Å². The number of pyridine rings is 1. The molecule has 4 aromatic rings. The van der Waals surface area contributed by atoms with E-state index >= 15 is 0 Å². The molecule has 1 N–H and O–H groups in total. The van der Waals surface area contributed by atoms with Crippen molar-refractivity contribution in [1.29, 1.82) is 0 Å². The van der Waals surface area contributed by atoms with Gasteiger partial charge in [0.2, 0.25) is 0 Å². The van der Waals surface area contributed by atoms with Crippen LogP contribution in [0.3, 0.4) is 0 Å². The molecule has 27 heavy (non-hydrogen) atoms. The van der Waals surface area contributed by atoms with E-state index in [0.29, 0.717) is 12.4 Å². The van der Waals surface area contributed by atoms with Gasteiger partial charge in [-0.3, -0.25) is 4.98 Å². The van der Waals surface area contributed by atoms with E-state index in [0.717, 1.165) is 32.9 Å². The molecule has 4 rings (SSSR count). The van der Waals surface area contributed by atoms with Crippen molar-refractivity contribution >= 4 is 27.4 Å². The zero-order chi connectivity index (χ0) is 18.8. The summed E-state index contributed by atoms with van der Waals surface area (Å²) in [5.41, 5.74) is 2.97. The predicted molar refractivity (Wildman–Crippen MR) is 111 cm³/mol. The van der Waals surface area contributed by atoms with Gasteiger partial charge in [-0.25, -0.2) is 9.97 Å². The highest BCUT2D eigenvalue weighted by atomic mass is 32.1. The molecule has 0 bridgehead atoms. The van der Waals surface area contributed by atoms with Crippen LogP contribution in [0.15, 0.2) is 60.1 Å². The Morgan fingerprint density at radius 2 is 1.85 bits per heavy atom. The molecular formula is C21H20N4OS. The lowest BCUT2D eigenvalue weighted by Crippen LogP contribution is -2.28. The summed E-state index contributed by atoms with van der Waals surface area (Å²) < 4.78 is 0. The van der Waals surface area contributed by atoms with Crippen LogP contribution in [0, 0.1) is 0 Å². The highest BCUT2D eigenvalue weighted by molar-refractivity contribution is 7.17. The molecule has 3 heterocycles. The number of aliphatic hydroxyl groups is 1. The van der Waals surface area contributed by atoms with Gasteiger partial charge in [-0.15, -0.1) is 11.3 Å². The summed E-state index contributed by atoms with van der Waals surface area (Å²) in [5.74, 6) is 1.40. The third kappa shape index (κ3) is 3.54. The van der Waals surface area contributed by atoms with Gasteiger partial charge in [-0.05, 0) is 24.6 Å². The number of thiophene rings is 1.